The molecule has 0 radical (unpaired) electrons. The normalized spacial score (nSPS) is 10.9. The molecule has 0 atom stereocenters. The first-order valence-corrected chi connectivity index (χ1v) is 11.5. The van der Waals surface area contributed by atoms with Crippen LogP contribution in [0.1, 0.15) is 11.1 Å². The lowest BCUT2D eigenvalue weighted by molar-refractivity contribution is -0.113. The van der Waals surface area contributed by atoms with Crippen molar-refractivity contribution in [2.45, 2.75) is 19.0 Å². The third-order valence-corrected chi connectivity index (χ3v) is 6.59. The molecule has 0 unspecified atom stereocenters. The predicted octanol–water partition coefficient (Wildman–Crippen LogP) is 4.80. The molecule has 2 aromatic heterocycles. The number of ether oxygens (including phenoxy) is 1. The van der Waals surface area contributed by atoms with Gasteiger partial charge in [-0.05, 0) is 66.8 Å². The number of benzene rings is 2. The second kappa shape index (κ2) is 8.95. The van der Waals surface area contributed by atoms with E-state index in [1.165, 1.54) is 23.1 Å². The molecular formula is C23H21N3O3S2. The monoisotopic (exact) mass is 451 g/mol. The highest BCUT2D eigenvalue weighted by atomic mass is 32.2. The Kier molecular flexibility index (Phi) is 6.11. The van der Waals surface area contributed by atoms with Gasteiger partial charge in [0.2, 0.25) is 5.91 Å². The van der Waals surface area contributed by atoms with Crippen LogP contribution >= 0.6 is 23.1 Å². The Bertz CT molecular complexity index is 1310. The highest BCUT2D eigenvalue weighted by Gasteiger charge is 2.17. The van der Waals surface area contributed by atoms with Crippen molar-refractivity contribution in [3.8, 4) is 11.4 Å². The SMILES string of the molecule is COc1ccc(NC(=O)CSc2nc3ccsc3c(=O)n2-c2cc(C)ccc2C)cc1. The third-order valence-electron chi connectivity index (χ3n) is 4.76. The number of hydrogen-bond donors (Lipinski definition) is 1. The maximum atomic E-state index is 13.3. The van der Waals surface area contributed by atoms with Crippen molar-refractivity contribution in [2.24, 2.45) is 0 Å². The molecule has 0 aliphatic heterocycles. The van der Waals surface area contributed by atoms with Gasteiger partial charge in [-0.3, -0.25) is 14.2 Å². The van der Waals surface area contributed by atoms with Crippen LogP contribution in [0.2, 0.25) is 0 Å². The Balaban J connectivity index is 1.64. The van der Waals surface area contributed by atoms with Crippen molar-refractivity contribution in [2.75, 3.05) is 18.2 Å². The fourth-order valence-corrected chi connectivity index (χ4v) is 4.73. The van der Waals surface area contributed by atoms with E-state index in [1.807, 2.05) is 43.5 Å². The van der Waals surface area contributed by atoms with Crippen LogP contribution in [0.3, 0.4) is 0 Å². The second-order valence-corrected chi connectivity index (χ2v) is 8.88. The topological polar surface area (TPSA) is 73.2 Å². The van der Waals surface area contributed by atoms with E-state index in [0.717, 1.165) is 22.6 Å². The summed E-state index contributed by atoms with van der Waals surface area (Å²) in [6.45, 7) is 3.95. The lowest BCUT2D eigenvalue weighted by Gasteiger charge is -2.15. The number of thioether (sulfide) groups is 1. The zero-order valence-corrected chi connectivity index (χ0v) is 19.0. The number of carbonyl (C=O) groups excluding carboxylic acids is 1. The molecule has 0 aliphatic carbocycles. The molecule has 1 N–H and O–H groups in total. The van der Waals surface area contributed by atoms with Gasteiger partial charge in [-0.25, -0.2) is 4.98 Å². The lowest BCUT2D eigenvalue weighted by Crippen LogP contribution is -2.23. The van der Waals surface area contributed by atoms with Crippen molar-refractivity contribution in [3.05, 3.63) is 75.4 Å². The molecule has 8 heteroatoms. The zero-order chi connectivity index (χ0) is 22.0. The fraction of sp³-hybridized carbons (Fsp3) is 0.174. The van der Waals surface area contributed by atoms with Gasteiger partial charge in [0.1, 0.15) is 10.4 Å². The largest absolute Gasteiger partial charge is 0.497 e. The molecule has 4 rings (SSSR count). The minimum Gasteiger partial charge on any atom is -0.497 e. The molecular weight excluding hydrogens is 430 g/mol. The van der Waals surface area contributed by atoms with Gasteiger partial charge in [-0.2, -0.15) is 0 Å². The average Bonchev–Trinajstić information content (AvgIpc) is 3.24. The van der Waals surface area contributed by atoms with Crippen molar-refractivity contribution in [3.63, 3.8) is 0 Å². The minimum atomic E-state index is -0.178. The average molecular weight is 452 g/mol. The van der Waals surface area contributed by atoms with E-state index in [0.29, 0.717) is 21.1 Å². The van der Waals surface area contributed by atoms with E-state index in [2.05, 4.69) is 10.3 Å². The van der Waals surface area contributed by atoms with Crippen molar-refractivity contribution in [1.82, 2.24) is 9.55 Å². The van der Waals surface area contributed by atoms with Crippen LogP contribution in [0.25, 0.3) is 15.9 Å². The first kappa shape index (κ1) is 21.1. The molecule has 0 fully saturated rings. The number of thiophene rings is 1. The van der Waals surface area contributed by atoms with E-state index >= 15 is 0 Å². The van der Waals surface area contributed by atoms with Crippen LogP contribution < -0.4 is 15.6 Å². The molecule has 0 saturated heterocycles. The minimum absolute atomic E-state index is 0.119. The van der Waals surface area contributed by atoms with E-state index in [4.69, 9.17) is 4.74 Å². The Morgan fingerprint density at radius 3 is 2.68 bits per heavy atom. The number of carbonyl (C=O) groups is 1. The molecule has 0 aliphatic rings. The Morgan fingerprint density at radius 1 is 1.16 bits per heavy atom. The van der Waals surface area contributed by atoms with Gasteiger partial charge < -0.3 is 10.1 Å². The number of nitrogens with zero attached hydrogens (tertiary/aromatic N) is 2. The summed E-state index contributed by atoms with van der Waals surface area (Å²) < 4.78 is 7.36. The first-order valence-electron chi connectivity index (χ1n) is 9.61. The number of methoxy groups -OCH3 is 1. The molecule has 2 heterocycles. The van der Waals surface area contributed by atoms with Crippen LogP contribution in [-0.4, -0.2) is 28.3 Å². The van der Waals surface area contributed by atoms with Gasteiger partial charge in [0.25, 0.3) is 5.56 Å². The van der Waals surface area contributed by atoms with E-state index in [-0.39, 0.29) is 17.2 Å². The summed E-state index contributed by atoms with van der Waals surface area (Å²) in [5.74, 6) is 0.666. The summed E-state index contributed by atoms with van der Waals surface area (Å²) >= 11 is 2.62. The predicted molar refractivity (Wildman–Crippen MR) is 127 cm³/mol. The first-order chi connectivity index (χ1) is 15.0. The van der Waals surface area contributed by atoms with Crippen molar-refractivity contribution in [1.29, 1.82) is 0 Å². The van der Waals surface area contributed by atoms with Crippen LogP contribution in [0.4, 0.5) is 5.69 Å². The van der Waals surface area contributed by atoms with Gasteiger partial charge in [-0.1, -0.05) is 23.9 Å². The summed E-state index contributed by atoms with van der Waals surface area (Å²) in [4.78, 5) is 30.5. The summed E-state index contributed by atoms with van der Waals surface area (Å²) in [5.41, 5.74) is 4.01. The number of amides is 1. The molecule has 158 valence electrons. The van der Waals surface area contributed by atoms with E-state index in [9.17, 15) is 9.59 Å². The van der Waals surface area contributed by atoms with Crippen LogP contribution in [0, 0.1) is 13.8 Å². The molecule has 0 saturated carbocycles. The Labute approximate surface area is 187 Å². The lowest BCUT2D eigenvalue weighted by atomic mass is 10.1. The number of nitrogens with one attached hydrogen (secondary N) is 1. The molecule has 4 aromatic rings. The zero-order valence-electron chi connectivity index (χ0n) is 17.3. The highest BCUT2D eigenvalue weighted by Crippen LogP contribution is 2.26. The molecule has 0 spiro atoms. The van der Waals surface area contributed by atoms with Crippen LogP contribution in [0.15, 0.2) is 63.9 Å². The van der Waals surface area contributed by atoms with Gasteiger partial charge >= 0.3 is 0 Å². The molecule has 2 aromatic carbocycles. The number of hydrogen-bond acceptors (Lipinski definition) is 6. The quantitative estimate of drug-likeness (QED) is 0.337. The van der Waals surface area contributed by atoms with Crippen molar-refractivity contribution < 1.29 is 9.53 Å². The number of aromatic nitrogens is 2. The van der Waals surface area contributed by atoms with Gasteiger partial charge in [-0.15, -0.1) is 11.3 Å². The number of rotatable bonds is 6. The number of aryl methyl sites for hydroxylation is 2. The Morgan fingerprint density at radius 2 is 1.94 bits per heavy atom. The van der Waals surface area contributed by atoms with Crippen LogP contribution in [-0.2, 0) is 4.79 Å². The van der Waals surface area contributed by atoms with Crippen molar-refractivity contribution >= 4 is 44.9 Å². The van der Waals surface area contributed by atoms with E-state index < -0.39 is 0 Å². The molecule has 31 heavy (non-hydrogen) atoms. The molecule has 0 bridgehead atoms. The second-order valence-electron chi connectivity index (χ2n) is 7.03. The molecule has 6 nitrogen and oxygen atoms in total. The molecule has 1 amide bonds. The number of anilines is 1. The smallest absolute Gasteiger partial charge is 0.276 e. The number of fused-ring (bicyclic) bond motifs is 1. The van der Waals surface area contributed by atoms with Gasteiger partial charge in [0.05, 0.1) is 24.1 Å². The fourth-order valence-electron chi connectivity index (χ4n) is 3.16. The van der Waals surface area contributed by atoms with Gasteiger partial charge in [0.15, 0.2) is 5.16 Å². The maximum absolute atomic E-state index is 13.3. The summed E-state index contributed by atoms with van der Waals surface area (Å²) in [6, 6.07) is 14.9. The Hall–Kier alpha value is -3.10. The standard InChI is InChI=1S/C23H21N3O3S2/c1-14-4-5-15(2)19(12-14)26-22(28)21-18(10-11-30-21)25-23(26)31-13-20(27)24-16-6-8-17(29-3)9-7-16/h4-12H,13H2,1-3H3,(H,24,27). The summed E-state index contributed by atoms with van der Waals surface area (Å²) in [7, 11) is 1.59. The van der Waals surface area contributed by atoms with Gasteiger partial charge in [0, 0.05) is 5.69 Å². The third kappa shape index (κ3) is 4.50. The van der Waals surface area contributed by atoms with Crippen LogP contribution in [0.5, 0.6) is 5.75 Å². The summed E-state index contributed by atoms with van der Waals surface area (Å²) in [6.07, 6.45) is 0. The van der Waals surface area contributed by atoms with E-state index in [1.54, 1.807) is 35.9 Å². The summed E-state index contributed by atoms with van der Waals surface area (Å²) in [5, 5.41) is 5.21. The maximum Gasteiger partial charge on any atom is 0.276 e. The highest BCUT2D eigenvalue weighted by molar-refractivity contribution is 7.99.